The Balaban J connectivity index is 1.77. The lowest BCUT2D eigenvalue weighted by molar-refractivity contribution is 0.140. The lowest BCUT2D eigenvalue weighted by atomic mass is 10.1. The second-order valence-corrected chi connectivity index (χ2v) is 8.71. The van der Waals surface area contributed by atoms with Crippen molar-refractivity contribution < 1.29 is 5.11 Å². The van der Waals surface area contributed by atoms with Crippen molar-refractivity contribution >= 4 is 28.9 Å². The number of thiophene rings is 1. The number of piperazine rings is 1. The number of hydrogen-bond acceptors (Lipinski definition) is 5. The monoisotopic (exact) mass is 401 g/mol. The summed E-state index contributed by atoms with van der Waals surface area (Å²) in [5, 5.41) is 16.7. The molecule has 2 unspecified atom stereocenters. The lowest BCUT2D eigenvalue weighted by Crippen LogP contribution is -2.46. The van der Waals surface area contributed by atoms with Gasteiger partial charge in [0.2, 0.25) is 0 Å². The number of guanidine groups is 1. The van der Waals surface area contributed by atoms with Crippen LogP contribution in [0, 0.1) is 5.92 Å². The van der Waals surface area contributed by atoms with Crippen LogP contribution in [0.2, 0.25) is 4.34 Å². The first kappa shape index (κ1) is 21.4. The second kappa shape index (κ2) is 11.1. The molecule has 2 atom stereocenters. The van der Waals surface area contributed by atoms with Gasteiger partial charge >= 0.3 is 0 Å². The summed E-state index contributed by atoms with van der Waals surface area (Å²) in [4.78, 5) is 10.4. The Morgan fingerprint density at radius 1 is 1.31 bits per heavy atom. The third-order valence-corrected chi connectivity index (χ3v) is 5.79. The number of aliphatic hydroxyl groups is 1. The molecule has 1 aromatic heterocycles. The molecule has 6 nitrogen and oxygen atoms in total. The number of likely N-dealkylation sites (N-methyl/N-ethyl adjacent to an activating group) is 1. The molecule has 0 aromatic carbocycles. The molecule has 1 aromatic rings. The van der Waals surface area contributed by atoms with Crippen LogP contribution in [0.4, 0.5) is 0 Å². The van der Waals surface area contributed by atoms with Crippen LogP contribution in [-0.2, 0) is 0 Å². The minimum Gasteiger partial charge on any atom is -0.386 e. The van der Waals surface area contributed by atoms with Gasteiger partial charge in [-0.15, -0.1) is 11.3 Å². The maximum absolute atomic E-state index is 10.3. The minimum atomic E-state index is -0.584. The molecule has 3 N–H and O–H groups in total. The molecule has 26 heavy (non-hydrogen) atoms. The standard InChI is InChI=1S/C18H32ClN5OS/c1-4-20-18(22-12-15(25)16-5-6-17(19)26-16)21-11-14(2)13-24-9-7-23(3)8-10-24/h5-6,14-15,25H,4,7-13H2,1-3H3,(H2,20,21,22). The molecule has 1 aliphatic heterocycles. The Kier molecular flexibility index (Phi) is 9.15. The Hall–Kier alpha value is -0.860. The Morgan fingerprint density at radius 2 is 2.04 bits per heavy atom. The molecule has 0 saturated carbocycles. The van der Waals surface area contributed by atoms with Crippen LogP contribution in [0.25, 0.3) is 0 Å². The molecule has 2 rings (SSSR count). The summed E-state index contributed by atoms with van der Waals surface area (Å²) >= 11 is 7.34. The minimum absolute atomic E-state index is 0.412. The zero-order valence-corrected chi connectivity index (χ0v) is 17.6. The van der Waals surface area contributed by atoms with Gasteiger partial charge in [-0.1, -0.05) is 18.5 Å². The molecule has 1 aliphatic rings. The van der Waals surface area contributed by atoms with Gasteiger partial charge in [-0.25, -0.2) is 0 Å². The molecule has 0 amide bonds. The number of aliphatic hydroxyl groups excluding tert-OH is 1. The first-order valence-corrected chi connectivity index (χ1v) is 10.5. The zero-order valence-electron chi connectivity index (χ0n) is 16.0. The van der Waals surface area contributed by atoms with E-state index in [4.69, 9.17) is 11.6 Å². The molecular formula is C18H32ClN5OS. The van der Waals surface area contributed by atoms with Crippen LogP contribution >= 0.6 is 22.9 Å². The van der Waals surface area contributed by atoms with E-state index >= 15 is 0 Å². The summed E-state index contributed by atoms with van der Waals surface area (Å²) in [5.41, 5.74) is 0. The van der Waals surface area contributed by atoms with Crippen molar-refractivity contribution in [2.24, 2.45) is 10.9 Å². The first-order valence-electron chi connectivity index (χ1n) is 9.34. The molecule has 8 heteroatoms. The maximum atomic E-state index is 10.3. The fraction of sp³-hybridized carbons (Fsp3) is 0.722. The molecule has 0 aliphatic carbocycles. The topological polar surface area (TPSA) is 63.1 Å². The van der Waals surface area contributed by atoms with Crippen LogP contribution in [-0.4, -0.2) is 80.3 Å². The van der Waals surface area contributed by atoms with E-state index in [2.05, 4.69) is 39.4 Å². The van der Waals surface area contributed by atoms with Gasteiger partial charge in [-0.2, -0.15) is 0 Å². The molecule has 1 saturated heterocycles. The third-order valence-electron chi connectivity index (χ3n) is 4.46. The number of nitrogens with one attached hydrogen (secondary N) is 2. The van der Waals surface area contributed by atoms with Crippen LogP contribution in [0.3, 0.4) is 0 Å². The van der Waals surface area contributed by atoms with E-state index in [9.17, 15) is 5.11 Å². The van der Waals surface area contributed by atoms with Crippen molar-refractivity contribution in [3.63, 3.8) is 0 Å². The average Bonchev–Trinajstić information content (AvgIpc) is 3.05. The molecule has 0 radical (unpaired) electrons. The summed E-state index contributed by atoms with van der Waals surface area (Å²) in [6.07, 6.45) is -0.584. The van der Waals surface area contributed by atoms with Crippen LogP contribution in [0.15, 0.2) is 17.1 Å². The first-order chi connectivity index (χ1) is 12.5. The lowest BCUT2D eigenvalue weighted by Gasteiger charge is -2.33. The van der Waals surface area contributed by atoms with Gasteiger partial charge in [0, 0.05) is 57.2 Å². The van der Waals surface area contributed by atoms with E-state index in [0.29, 0.717) is 16.8 Å². The van der Waals surface area contributed by atoms with Gasteiger partial charge in [0.1, 0.15) is 6.10 Å². The highest BCUT2D eigenvalue weighted by Gasteiger charge is 2.16. The summed E-state index contributed by atoms with van der Waals surface area (Å²) in [6.45, 7) is 11.9. The van der Waals surface area contributed by atoms with E-state index in [1.807, 2.05) is 19.1 Å². The highest BCUT2D eigenvalue weighted by atomic mass is 35.5. The van der Waals surface area contributed by atoms with Crippen molar-refractivity contribution in [2.75, 3.05) is 59.4 Å². The molecule has 2 heterocycles. The average molecular weight is 402 g/mol. The van der Waals surface area contributed by atoms with Gasteiger partial charge < -0.3 is 25.5 Å². The Labute approximate surface area is 166 Å². The molecular weight excluding hydrogens is 370 g/mol. The summed E-state index contributed by atoms with van der Waals surface area (Å²) in [5.74, 6) is 1.24. The second-order valence-electron chi connectivity index (χ2n) is 6.97. The molecule has 1 fully saturated rings. The molecule has 0 spiro atoms. The van der Waals surface area contributed by atoms with Crippen molar-refractivity contribution in [2.45, 2.75) is 20.0 Å². The maximum Gasteiger partial charge on any atom is 0.191 e. The van der Waals surface area contributed by atoms with Crippen molar-refractivity contribution in [1.29, 1.82) is 0 Å². The quantitative estimate of drug-likeness (QED) is 0.458. The van der Waals surface area contributed by atoms with Crippen molar-refractivity contribution in [3.05, 3.63) is 21.3 Å². The van der Waals surface area contributed by atoms with Crippen LogP contribution in [0.5, 0.6) is 0 Å². The van der Waals surface area contributed by atoms with Crippen molar-refractivity contribution in [1.82, 2.24) is 20.4 Å². The Morgan fingerprint density at radius 3 is 2.65 bits per heavy atom. The van der Waals surface area contributed by atoms with Crippen LogP contribution < -0.4 is 10.6 Å². The predicted molar refractivity (Wildman–Crippen MR) is 111 cm³/mol. The highest BCUT2D eigenvalue weighted by molar-refractivity contribution is 7.16. The summed E-state index contributed by atoms with van der Waals surface area (Å²) in [7, 11) is 2.18. The van der Waals surface area contributed by atoms with Gasteiger partial charge in [-0.3, -0.25) is 4.99 Å². The van der Waals surface area contributed by atoms with E-state index in [-0.39, 0.29) is 0 Å². The fourth-order valence-corrected chi connectivity index (χ4v) is 3.97. The molecule has 148 valence electrons. The summed E-state index contributed by atoms with van der Waals surface area (Å²) in [6, 6.07) is 3.67. The van der Waals surface area contributed by atoms with E-state index < -0.39 is 6.10 Å². The van der Waals surface area contributed by atoms with E-state index in [0.717, 1.165) is 56.6 Å². The number of hydrogen-bond donors (Lipinski definition) is 3. The molecule has 0 bridgehead atoms. The summed E-state index contributed by atoms with van der Waals surface area (Å²) < 4.78 is 0.692. The smallest absolute Gasteiger partial charge is 0.191 e. The van der Waals surface area contributed by atoms with Crippen molar-refractivity contribution in [3.8, 4) is 0 Å². The fourth-order valence-electron chi connectivity index (χ4n) is 2.92. The number of aliphatic imine (C=N–C) groups is 1. The van der Waals surface area contributed by atoms with Gasteiger partial charge in [0.05, 0.1) is 4.34 Å². The third kappa shape index (κ3) is 7.40. The van der Waals surface area contributed by atoms with Gasteiger partial charge in [-0.05, 0) is 32.0 Å². The van der Waals surface area contributed by atoms with Crippen LogP contribution in [0.1, 0.15) is 24.8 Å². The van der Waals surface area contributed by atoms with Gasteiger partial charge in [0.25, 0.3) is 0 Å². The number of halogens is 1. The number of rotatable bonds is 8. The highest BCUT2D eigenvalue weighted by Crippen LogP contribution is 2.26. The predicted octanol–water partition coefficient (Wildman–Crippen LogP) is 1.87. The normalized spacial score (nSPS) is 19.3. The van der Waals surface area contributed by atoms with E-state index in [1.165, 1.54) is 11.3 Å². The van der Waals surface area contributed by atoms with E-state index in [1.54, 1.807) is 0 Å². The largest absolute Gasteiger partial charge is 0.386 e. The zero-order chi connectivity index (χ0) is 18.9. The SMILES string of the molecule is CCNC(=NCC(C)CN1CCN(C)CC1)NCC(O)c1ccc(Cl)s1. The number of nitrogens with zero attached hydrogens (tertiary/aromatic N) is 3. The Bertz CT molecular complexity index is 560. The van der Waals surface area contributed by atoms with Gasteiger partial charge in [0.15, 0.2) is 5.96 Å².